The normalized spacial score (nSPS) is 12.0. The fourth-order valence-corrected chi connectivity index (χ4v) is 3.26. The molecule has 0 aliphatic heterocycles. The minimum atomic E-state index is -0.407. The van der Waals surface area contributed by atoms with Crippen LogP contribution in [-0.2, 0) is 9.53 Å². The number of halogens is 1. The number of ether oxygens (including phenoxy) is 1. The van der Waals surface area contributed by atoms with Crippen LogP contribution in [0.3, 0.4) is 0 Å². The van der Waals surface area contributed by atoms with E-state index in [0.29, 0.717) is 22.1 Å². The molecule has 1 aromatic heterocycles. The molecule has 0 bridgehead atoms. The summed E-state index contributed by atoms with van der Waals surface area (Å²) in [4.78, 5) is 25.1. The topological polar surface area (TPSA) is 43.4 Å². The van der Waals surface area contributed by atoms with E-state index >= 15 is 0 Å². The SMILES string of the molecule is CCCCCOC(=O)C(C)c1ccc(C(=O)c2cccs2)c(Cl)c1. The quantitative estimate of drug-likeness (QED) is 0.354. The molecule has 0 spiro atoms. The fourth-order valence-electron chi connectivity index (χ4n) is 2.31. The van der Waals surface area contributed by atoms with E-state index in [1.807, 2.05) is 11.4 Å². The first-order valence-corrected chi connectivity index (χ1v) is 9.34. The molecule has 1 atom stereocenters. The molecule has 1 aromatic carbocycles. The molecule has 2 aromatic rings. The van der Waals surface area contributed by atoms with Crippen LogP contribution in [0.2, 0.25) is 5.02 Å². The smallest absolute Gasteiger partial charge is 0.313 e. The molecule has 0 fully saturated rings. The summed E-state index contributed by atoms with van der Waals surface area (Å²) in [6.45, 7) is 4.33. The first-order valence-electron chi connectivity index (χ1n) is 8.09. The highest BCUT2D eigenvalue weighted by Gasteiger charge is 2.20. The summed E-state index contributed by atoms with van der Waals surface area (Å²) in [5.41, 5.74) is 1.20. The molecule has 5 heteroatoms. The molecule has 0 aliphatic carbocycles. The minimum absolute atomic E-state index is 0.101. The Morgan fingerprint density at radius 1 is 1.25 bits per heavy atom. The molecule has 0 radical (unpaired) electrons. The number of hydrogen-bond donors (Lipinski definition) is 0. The first-order chi connectivity index (χ1) is 11.5. The predicted octanol–water partition coefficient (Wildman–Crippen LogP) is 5.47. The largest absolute Gasteiger partial charge is 0.465 e. The Bertz CT molecular complexity index is 695. The predicted molar refractivity (Wildman–Crippen MR) is 98.1 cm³/mol. The van der Waals surface area contributed by atoms with Gasteiger partial charge in [0.25, 0.3) is 0 Å². The van der Waals surface area contributed by atoms with Crippen molar-refractivity contribution in [2.24, 2.45) is 0 Å². The van der Waals surface area contributed by atoms with Gasteiger partial charge < -0.3 is 4.74 Å². The zero-order valence-electron chi connectivity index (χ0n) is 13.9. The van der Waals surface area contributed by atoms with Crippen LogP contribution in [0.1, 0.15) is 59.8 Å². The standard InChI is InChI=1S/C19H21ClO3S/c1-3-4-5-10-23-19(22)13(2)14-8-9-15(16(20)12-14)18(21)17-7-6-11-24-17/h6-9,11-13H,3-5,10H2,1-2H3. The van der Waals surface area contributed by atoms with Crippen molar-refractivity contribution in [1.29, 1.82) is 0 Å². The van der Waals surface area contributed by atoms with Crippen molar-refractivity contribution >= 4 is 34.7 Å². The van der Waals surface area contributed by atoms with Crippen molar-refractivity contribution in [3.05, 3.63) is 56.7 Å². The van der Waals surface area contributed by atoms with Gasteiger partial charge in [-0.25, -0.2) is 0 Å². The van der Waals surface area contributed by atoms with Gasteiger partial charge in [0.2, 0.25) is 5.78 Å². The average Bonchev–Trinajstić information content (AvgIpc) is 3.11. The lowest BCUT2D eigenvalue weighted by atomic mass is 9.98. The number of hydrogen-bond acceptors (Lipinski definition) is 4. The minimum Gasteiger partial charge on any atom is -0.465 e. The highest BCUT2D eigenvalue weighted by molar-refractivity contribution is 7.12. The van der Waals surface area contributed by atoms with Gasteiger partial charge in [-0.2, -0.15) is 0 Å². The lowest BCUT2D eigenvalue weighted by Crippen LogP contribution is -2.14. The van der Waals surface area contributed by atoms with Crippen molar-refractivity contribution in [3.8, 4) is 0 Å². The molecule has 24 heavy (non-hydrogen) atoms. The van der Waals surface area contributed by atoms with Gasteiger partial charge in [-0.15, -0.1) is 11.3 Å². The van der Waals surface area contributed by atoms with Crippen LogP contribution in [0.4, 0.5) is 0 Å². The van der Waals surface area contributed by atoms with Crippen LogP contribution < -0.4 is 0 Å². The summed E-state index contributed by atoms with van der Waals surface area (Å²) in [7, 11) is 0. The van der Waals surface area contributed by atoms with E-state index < -0.39 is 5.92 Å². The zero-order chi connectivity index (χ0) is 17.5. The molecule has 0 N–H and O–H groups in total. The van der Waals surface area contributed by atoms with Gasteiger partial charge in [-0.05, 0) is 42.5 Å². The molecule has 3 nitrogen and oxygen atoms in total. The summed E-state index contributed by atoms with van der Waals surface area (Å²) in [5.74, 6) is -0.772. The fraction of sp³-hybridized carbons (Fsp3) is 0.368. The van der Waals surface area contributed by atoms with Crippen LogP contribution in [0.5, 0.6) is 0 Å². The maximum atomic E-state index is 12.4. The van der Waals surface area contributed by atoms with Crippen molar-refractivity contribution in [1.82, 2.24) is 0 Å². The Labute approximate surface area is 151 Å². The van der Waals surface area contributed by atoms with Gasteiger partial charge >= 0.3 is 5.97 Å². The number of benzene rings is 1. The molecular weight excluding hydrogens is 344 g/mol. The molecule has 0 amide bonds. The Hall–Kier alpha value is -1.65. The van der Waals surface area contributed by atoms with Crippen LogP contribution in [0, 0.1) is 0 Å². The number of ketones is 1. The van der Waals surface area contributed by atoms with Crippen molar-refractivity contribution in [2.45, 2.75) is 39.0 Å². The third-order valence-electron chi connectivity index (χ3n) is 3.83. The molecule has 0 saturated carbocycles. The summed E-state index contributed by atoms with van der Waals surface area (Å²) in [5, 5.41) is 2.21. The molecule has 0 saturated heterocycles. The third kappa shape index (κ3) is 4.68. The van der Waals surface area contributed by atoms with Crippen LogP contribution in [-0.4, -0.2) is 18.4 Å². The van der Waals surface area contributed by atoms with E-state index in [1.165, 1.54) is 11.3 Å². The molecule has 1 heterocycles. The second kappa shape index (κ2) is 9.00. The zero-order valence-corrected chi connectivity index (χ0v) is 15.5. The highest BCUT2D eigenvalue weighted by Crippen LogP contribution is 2.27. The van der Waals surface area contributed by atoms with E-state index in [-0.39, 0.29) is 11.8 Å². The van der Waals surface area contributed by atoms with E-state index in [4.69, 9.17) is 16.3 Å². The van der Waals surface area contributed by atoms with Crippen LogP contribution >= 0.6 is 22.9 Å². The van der Waals surface area contributed by atoms with E-state index in [9.17, 15) is 9.59 Å². The van der Waals surface area contributed by atoms with Crippen molar-refractivity contribution < 1.29 is 14.3 Å². The lowest BCUT2D eigenvalue weighted by molar-refractivity contribution is -0.145. The highest BCUT2D eigenvalue weighted by atomic mass is 35.5. The van der Waals surface area contributed by atoms with Crippen molar-refractivity contribution in [2.75, 3.05) is 6.61 Å². The van der Waals surface area contributed by atoms with Crippen LogP contribution in [0.15, 0.2) is 35.7 Å². The maximum absolute atomic E-state index is 12.4. The van der Waals surface area contributed by atoms with E-state index in [2.05, 4.69) is 6.92 Å². The molecule has 128 valence electrons. The Kier molecular flexibility index (Phi) is 7.00. The summed E-state index contributed by atoms with van der Waals surface area (Å²) < 4.78 is 5.29. The third-order valence-corrected chi connectivity index (χ3v) is 5.01. The van der Waals surface area contributed by atoms with Crippen molar-refractivity contribution in [3.63, 3.8) is 0 Å². The molecule has 2 rings (SSSR count). The first kappa shape index (κ1) is 18.7. The van der Waals surface area contributed by atoms with Gasteiger partial charge in [0, 0.05) is 5.56 Å². The molecule has 1 unspecified atom stereocenters. The maximum Gasteiger partial charge on any atom is 0.313 e. The number of rotatable bonds is 8. The monoisotopic (exact) mass is 364 g/mol. The van der Waals surface area contributed by atoms with Gasteiger partial charge in [0.15, 0.2) is 0 Å². The number of thiophene rings is 1. The Morgan fingerprint density at radius 2 is 2.04 bits per heavy atom. The van der Waals surface area contributed by atoms with Gasteiger partial charge in [-0.3, -0.25) is 9.59 Å². The number of carbonyl (C=O) groups is 2. The van der Waals surface area contributed by atoms with E-state index in [1.54, 1.807) is 31.2 Å². The van der Waals surface area contributed by atoms with Gasteiger partial charge in [0.05, 0.1) is 22.4 Å². The second-order valence-corrected chi connectivity index (χ2v) is 7.00. The van der Waals surface area contributed by atoms with E-state index in [0.717, 1.165) is 24.8 Å². The average molecular weight is 365 g/mol. The number of esters is 1. The Morgan fingerprint density at radius 3 is 2.67 bits per heavy atom. The molecule has 0 aliphatic rings. The molecular formula is C19H21ClO3S. The van der Waals surface area contributed by atoms with Gasteiger partial charge in [0.1, 0.15) is 0 Å². The second-order valence-electron chi connectivity index (χ2n) is 5.64. The summed E-state index contributed by atoms with van der Waals surface area (Å²) in [6, 6.07) is 8.73. The number of unbranched alkanes of at least 4 members (excludes halogenated alkanes) is 2. The Balaban J connectivity index is 2.05. The van der Waals surface area contributed by atoms with Crippen LogP contribution in [0.25, 0.3) is 0 Å². The van der Waals surface area contributed by atoms with Gasteiger partial charge in [-0.1, -0.05) is 43.5 Å². The summed E-state index contributed by atoms with van der Waals surface area (Å²) in [6.07, 6.45) is 3.01. The summed E-state index contributed by atoms with van der Waals surface area (Å²) >= 11 is 7.65. The number of carbonyl (C=O) groups excluding carboxylic acids is 2. The lowest BCUT2D eigenvalue weighted by Gasteiger charge is -2.13.